The molecule has 0 spiro atoms. The van der Waals surface area contributed by atoms with Crippen LogP contribution in [0.5, 0.6) is 0 Å². The van der Waals surface area contributed by atoms with Gasteiger partial charge in [-0.15, -0.1) is 0 Å². The van der Waals surface area contributed by atoms with Gasteiger partial charge >= 0.3 is 0 Å². The molecule has 94 valence electrons. The van der Waals surface area contributed by atoms with E-state index in [1.807, 2.05) is 41.3 Å². The third-order valence-electron chi connectivity index (χ3n) is 2.27. The molecule has 17 heavy (non-hydrogen) atoms. The first-order chi connectivity index (χ1) is 7.93. The normalized spacial score (nSPS) is 10.6. The summed E-state index contributed by atoms with van der Waals surface area (Å²) in [6, 6.07) is 0.229. The lowest BCUT2D eigenvalue weighted by atomic mass is 10.3. The zero-order valence-electron chi connectivity index (χ0n) is 9.74. The molecule has 0 saturated heterocycles. The molecule has 1 aromatic rings. The summed E-state index contributed by atoms with van der Waals surface area (Å²) < 4.78 is 0.585. The monoisotopic (exact) mass is 366 g/mol. The van der Waals surface area contributed by atoms with Crippen LogP contribution in [0.4, 0.5) is 5.82 Å². The van der Waals surface area contributed by atoms with E-state index in [2.05, 4.69) is 9.97 Å². The average Bonchev–Trinajstić information content (AvgIpc) is 2.23. The Morgan fingerprint density at radius 1 is 1.71 bits per heavy atom. The number of anilines is 1. The van der Waals surface area contributed by atoms with E-state index in [4.69, 9.17) is 18.0 Å². The number of aromatic amines is 1. The molecule has 1 aromatic heterocycles. The fourth-order valence-corrected chi connectivity index (χ4v) is 2.11. The number of H-pyrrole nitrogens is 1. The zero-order valence-corrected chi connectivity index (χ0v) is 12.7. The molecule has 1 rings (SSSR count). The fourth-order valence-electron chi connectivity index (χ4n) is 1.41. The van der Waals surface area contributed by atoms with Crippen molar-refractivity contribution in [2.75, 3.05) is 11.4 Å². The molecular weight excluding hydrogens is 351 g/mol. The van der Waals surface area contributed by atoms with Crippen LogP contribution in [0, 0.1) is 3.57 Å². The van der Waals surface area contributed by atoms with Gasteiger partial charge < -0.3 is 15.6 Å². The van der Waals surface area contributed by atoms with E-state index in [1.165, 1.54) is 6.33 Å². The topological polar surface area (TPSA) is 75.0 Å². The summed E-state index contributed by atoms with van der Waals surface area (Å²) in [7, 11) is 0. The standard InChI is InChI=1S/C10H15IN4OS/c1-6(2)15(4-3-7(12)17)9-8(11)10(16)14-5-13-9/h5-6H,3-4H2,1-2H3,(H2,12,17)(H,13,14,16). The summed E-state index contributed by atoms with van der Waals surface area (Å²) in [4.78, 5) is 20.8. The van der Waals surface area contributed by atoms with Gasteiger partial charge in [0, 0.05) is 19.0 Å². The molecule has 3 N–H and O–H groups in total. The molecule has 0 aromatic carbocycles. The minimum Gasteiger partial charge on any atom is -0.393 e. The molecule has 0 aliphatic carbocycles. The first kappa shape index (κ1) is 14.4. The Hall–Kier alpha value is -0.700. The van der Waals surface area contributed by atoms with Crippen molar-refractivity contribution in [1.29, 1.82) is 0 Å². The predicted molar refractivity (Wildman–Crippen MR) is 81.5 cm³/mol. The lowest BCUT2D eigenvalue weighted by Gasteiger charge is -2.28. The van der Waals surface area contributed by atoms with E-state index in [0.717, 1.165) is 0 Å². The number of rotatable bonds is 5. The molecule has 5 nitrogen and oxygen atoms in total. The molecule has 0 unspecified atom stereocenters. The van der Waals surface area contributed by atoms with Crippen molar-refractivity contribution in [3.63, 3.8) is 0 Å². The van der Waals surface area contributed by atoms with Crippen molar-refractivity contribution < 1.29 is 0 Å². The van der Waals surface area contributed by atoms with E-state index >= 15 is 0 Å². The second-order valence-electron chi connectivity index (χ2n) is 3.87. The summed E-state index contributed by atoms with van der Waals surface area (Å²) in [5.41, 5.74) is 5.37. The third-order valence-corrected chi connectivity index (χ3v) is 3.45. The van der Waals surface area contributed by atoms with Crippen LogP contribution in [-0.2, 0) is 0 Å². The average molecular weight is 366 g/mol. The second kappa shape index (κ2) is 6.29. The van der Waals surface area contributed by atoms with Crippen molar-refractivity contribution in [1.82, 2.24) is 9.97 Å². The van der Waals surface area contributed by atoms with E-state index in [0.29, 0.717) is 27.3 Å². The van der Waals surface area contributed by atoms with Crippen molar-refractivity contribution in [3.8, 4) is 0 Å². The van der Waals surface area contributed by atoms with Gasteiger partial charge in [-0.3, -0.25) is 4.79 Å². The van der Waals surface area contributed by atoms with Gasteiger partial charge in [0.1, 0.15) is 9.39 Å². The van der Waals surface area contributed by atoms with Gasteiger partial charge in [-0.05, 0) is 36.4 Å². The maximum absolute atomic E-state index is 11.5. The smallest absolute Gasteiger partial charge is 0.266 e. The Labute approximate surface area is 119 Å². The molecule has 0 amide bonds. The molecule has 7 heteroatoms. The van der Waals surface area contributed by atoms with Gasteiger partial charge in [0.25, 0.3) is 5.56 Å². The second-order valence-corrected chi connectivity index (χ2v) is 5.48. The Kier molecular flexibility index (Phi) is 5.31. The zero-order chi connectivity index (χ0) is 13.0. The van der Waals surface area contributed by atoms with Crippen molar-refractivity contribution in [2.45, 2.75) is 26.3 Å². The van der Waals surface area contributed by atoms with Gasteiger partial charge in [-0.25, -0.2) is 4.98 Å². The van der Waals surface area contributed by atoms with Crippen molar-refractivity contribution in [3.05, 3.63) is 20.3 Å². The van der Waals surface area contributed by atoms with Gasteiger partial charge in [0.2, 0.25) is 0 Å². The number of halogens is 1. The highest BCUT2D eigenvalue weighted by Gasteiger charge is 2.16. The lowest BCUT2D eigenvalue weighted by molar-refractivity contribution is 0.676. The lowest BCUT2D eigenvalue weighted by Crippen LogP contribution is -2.36. The van der Waals surface area contributed by atoms with E-state index in [-0.39, 0.29) is 11.6 Å². The number of nitrogens with one attached hydrogen (secondary N) is 1. The molecule has 0 atom stereocenters. The van der Waals surface area contributed by atoms with Crippen molar-refractivity contribution >= 4 is 45.6 Å². The molecule has 0 bridgehead atoms. The van der Waals surface area contributed by atoms with E-state index in [1.54, 1.807) is 0 Å². The minimum absolute atomic E-state index is 0.128. The Balaban J connectivity index is 3.01. The van der Waals surface area contributed by atoms with E-state index < -0.39 is 0 Å². The van der Waals surface area contributed by atoms with Crippen LogP contribution in [0.3, 0.4) is 0 Å². The largest absolute Gasteiger partial charge is 0.393 e. The Bertz CT molecular complexity index is 460. The number of thiocarbonyl (C=S) groups is 1. The molecule has 0 fully saturated rings. The van der Waals surface area contributed by atoms with Crippen LogP contribution in [-0.4, -0.2) is 27.5 Å². The minimum atomic E-state index is -0.128. The SMILES string of the molecule is CC(C)N(CCC(N)=S)c1nc[nH]c(=O)c1I. The molecule has 0 saturated carbocycles. The maximum atomic E-state index is 11.5. The number of nitrogens with two attached hydrogens (primary N) is 1. The highest BCUT2D eigenvalue weighted by atomic mass is 127. The number of nitrogens with zero attached hydrogens (tertiary/aromatic N) is 2. The maximum Gasteiger partial charge on any atom is 0.266 e. The third kappa shape index (κ3) is 3.91. The molecule has 0 aliphatic heterocycles. The van der Waals surface area contributed by atoms with Crippen LogP contribution in [0.1, 0.15) is 20.3 Å². The van der Waals surface area contributed by atoms with Gasteiger partial charge in [0.15, 0.2) is 0 Å². The summed E-state index contributed by atoms with van der Waals surface area (Å²) in [6.07, 6.45) is 2.02. The van der Waals surface area contributed by atoms with E-state index in [9.17, 15) is 4.79 Å². The Morgan fingerprint density at radius 2 is 2.35 bits per heavy atom. The van der Waals surface area contributed by atoms with Crippen LogP contribution in [0.15, 0.2) is 11.1 Å². The Morgan fingerprint density at radius 3 is 2.88 bits per heavy atom. The summed E-state index contributed by atoms with van der Waals surface area (Å²) in [5.74, 6) is 0.681. The van der Waals surface area contributed by atoms with Crippen LogP contribution in [0.25, 0.3) is 0 Å². The highest BCUT2D eigenvalue weighted by Crippen LogP contribution is 2.18. The summed E-state index contributed by atoms with van der Waals surface area (Å²) in [5, 5.41) is 0. The van der Waals surface area contributed by atoms with Gasteiger partial charge in [-0.2, -0.15) is 0 Å². The van der Waals surface area contributed by atoms with Crippen molar-refractivity contribution in [2.24, 2.45) is 5.73 Å². The molecular formula is C10H15IN4OS. The van der Waals surface area contributed by atoms with Crippen LogP contribution in [0.2, 0.25) is 0 Å². The quantitative estimate of drug-likeness (QED) is 0.606. The fraction of sp³-hybridized carbons (Fsp3) is 0.500. The number of aromatic nitrogens is 2. The summed E-state index contributed by atoms with van der Waals surface area (Å²) in [6.45, 7) is 4.75. The molecule has 1 heterocycles. The number of hydrogen-bond acceptors (Lipinski definition) is 4. The number of hydrogen-bond donors (Lipinski definition) is 2. The summed E-state index contributed by atoms with van der Waals surface area (Å²) >= 11 is 6.87. The van der Waals surface area contributed by atoms with Gasteiger partial charge in [0.05, 0.1) is 11.3 Å². The first-order valence-corrected chi connectivity index (χ1v) is 6.70. The molecule has 0 aliphatic rings. The highest BCUT2D eigenvalue weighted by molar-refractivity contribution is 14.1. The van der Waals surface area contributed by atoms with Crippen LogP contribution >= 0.6 is 34.8 Å². The first-order valence-electron chi connectivity index (χ1n) is 5.21. The predicted octanol–water partition coefficient (Wildman–Crippen LogP) is 1.27. The molecule has 0 radical (unpaired) electrons. The van der Waals surface area contributed by atoms with Gasteiger partial charge in [-0.1, -0.05) is 12.2 Å². The van der Waals surface area contributed by atoms with Crippen LogP contribution < -0.4 is 16.2 Å².